The standard InChI is InChI=1S/C34H48N4O6Si/c1-21(2)41-29-18-15-23(19-24(29)20-35)31(39)43-37-30(36)27-14-12-13-26-25(27)16-17-28(26)38(33(4,5)6)32(40)42-22(3)44-45(10,11)34(7,8)9/h12-15,18-19,21-22,28H,16-17H2,1-11H3,(H2,36,37)/t22-,28-/m1/s1. The van der Waals surface area contributed by atoms with Crippen LogP contribution in [0, 0.1) is 11.3 Å². The first kappa shape index (κ1) is 35.6. The molecule has 244 valence electrons. The maximum absolute atomic E-state index is 13.7. The van der Waals surface area contributed by atoms with Gasteiger partial charge in [-0.25, -0.2) is 9.59 Å². The number of nitrogens with two attached hydrogens (primary N) is 1. The number of carbonyl (C=O) groups is 2. The van der Waals surface area contributed by atoms with Crippen LogP contribution in [-0.2, 0) is 20.4 Å². The number of hydrogen-bond donors (Lipinski definition) is 1. The molecule has 2 N–H and O–H groups in total. The quantitative estimate of drug-likeness (QED) is 0.0750. The fourth-order valence-electron chi connectivity index (χ4n) is 5.12. The van der Waals surface area contributed by atoms with Gasteiger partial charge >= 0.3 is 12.1 Å². The Bertz CT molecular complexity index is 1480. The van der Waals surface area contributed by atoms with Gasteiger partial charge in [0.2, 0.25) is 0 Å². The number of fused-ring (bicyclic) bond motifs is 1. The van der Waals surface area contributed by atoms with Crippen LogP contribution in [0.1, 0.15) is 107 Å². The zero-order valence-electron chi connectivity index (χ0n) is 28.5. The van der Waals surface area contributed by atoms with Crippen LogP contribution < -0.4 is 10.5 Å². The third kappa shape index (κ3) is 8.44. The van der Waals surface area contributed by atoms with Crippen LogP contribution >= 0.6 is 0 Å². The normalized spacial score (nSPS) is 16.1. The topological polar surface area (TPSA) is 136 Å². The van der Waals surface area contributed by atoms with Crippen molar-refractivity contribution in [2.24, 2.45) is 10.9 Å². The summed E-state index contributed by atoms with van der Waals surface area (Å²) in [5.74, 6) is -0.346. The summed E-state index contributed by atoms with van der Waals surface area (Å²) in [6, 6.07) is 11.9. The van der Waals surface area contributed by atoms with Crippen LogP contribution in [0.5, 0.6) is 5.75 Å². The number of rotatable bonds is 9. The van der Waals surface area contributed by atoms with E-state index in [1.165, 1.54) is 12.1 Å². The predicted octanol–water partition coefficient (Wildman–Crippen LogP) is 7.41. The van der Waals surface area contributed by atoms with Crippen molar-refractivity contribution in [3.05, 3.63) is 64.2 Å². The number of nitrogens with zero attached hydrogens (tertiary/aromatic N) is 3. The first-order valence-electron chi connectivity index (χ1n) is 15.3. The fraction of sp³-hybridized carbons (Fsp3) is 0.529. The number of amidine groups is 1. The van der Waals surface area contributed by atoms with E-state index in [2.05, 4.69) is 39.0 Å². The lowest BCUT2D eigenvalue weighted by molar-refractivity contribution is -0.0573. The lowest BCUT2D eigenvalue weighted by Gasteiger charge is -2.42. The van der Waals surface area contributed by atoms with Crippen molar-refractivity contribution in [1.82, 2.24) is 4.90 Å². The summed E-state index contributed by atoms with van der Waals surface area (Å²) < 4.78 is 17.8. The molecule has 1 aliphatic rings. The molecular weight excluding hydrogens is 588 g/mol. The Hall–Kier alpha value is -3.88. The molecule has 0 aromatic heterocycles. The Morgan fingerprint density at radius 3 is 2.33 bits per heavy atom. The Morgan fingerprint density at radius 2 is 1.76 bits per heavy atom. The first-order valence-corrected chi connectivity index (χ1v) is 18.2. The maximum atomic E-state index is 13.7. The van der Waals surface area contributed by atoms with E-state index in [4.69, 9.17) is 24.5 Å². The summed E-state index contributed by atoms with van der Waals surface area (Å²) in [7, 11) is -2.15. The van der Waals surface area contributed by atoms with Gasteiger partial charge in [0.1, 0.15) is 11.8 Å². The number of carbonyl (C=O) groups excluding carboxylic acids is 2. The van der Waals surface area contributed by atoms with Crippen LogP contribution in [0.4, 0.5) is 4.79 Å². The molecule has 0 radical (unpaired) electrons. The van der Waals surface area contributed by atoms with Crippen molar-refractivity contribution >= 4 is 26.2 Å². The van der Waals surface area contributed by atoms with Gasteiger partial charge in [-0.15, -0.1) is 0 Å². The number of oxime groups is 1. The number of benzene rings is 2. The van der Waals surface area contributed by atoms with Gasteiger partial charge in [-0.05, 0) is 102 Å². The van der Waals surface area contributed by atoms with Gasteiger partial charge in [0.05, 0.1) is 23.3 Å². The smallest absolute Gasteiger partial charge is 0.412 e. The summed E-state index contributed by atoms with van der Waals surface area (Å²) in [6.07, 6.45) is 0.0204. The van der Waals surface area contributed by atoms with E-state index in [9.17, 15) is 14.9 Å². The monoisotopic (exact) mass is 636 g/mol. The molecule has 2 atom stereocenters. The number of nitriles is 1. The van der Waals surface area contributed by atoms with Crippen LogP contribution in [0.3, 0.4) is 0 Å². The molecule has 3 rings (SSSR count). The van der Waals surface area contributed by atoms with E-state index < -0.39 is 32.2 Å². The molecule has 1 aliphatic carbocycles. The van der Waals surface area contributed by atoms with Crippen LogP contribution in [0.2, 0.25) is 18.1 Å². The average Bonchev–Trinajstić information content (AvgIpc) is 3.33. The molecule has 0 aliphatic heterocycles. The van der Waals surface area contributed by atoms with Crippen molar-refractivity contribution in [2.45, 2.75) is 117 Å². The van der Waals surface area contributed by atoms with Crippen LogP contribution in [-0.4, -0.2) is 49.0 Å². The summed E-state index contributed by atoms with van der Waals surface area (Å²) in [6.45, 7) is 22.1. The number of amides is 1. The molecule has 2 aromatic rings. The van der Waals surface area contributed by atoms with Gasteiger partial charge in [0.15, 0.2) is 20.4 Å². The second kappa shape index (κ2) is 13.6. The van der Waals surface area contributed by atoms with Gasteiger partial charge in [0.25, 0.3) is 0 Å². The van der Waals surface area contributed by atoms with Gasteiger partial charge < -0.3 is 24.5 Å². The highest BCUT2D eigenvalue weighted by Gasteiger charge is 2.42. The molecule has 11 heteroatoms. The molecule has 0 saturated heterocycles. The summed E-state index contributed by atoms with van der Waals surface area (Å²) >= 11 is 0. The molecule has 0 heterocycles. The van der Waals surface area contributed by atoms with E-state index in [1.54, 1.807) is 17.9 Å². The minimum absolute atomic E-state index is 0.0272. The van der Waals surface area contributed by atoms with Crippen molar-refractivity contribution in [1.29, 1.82) is 5.26 Å². The highest BCUT2D eigenvalue weighted by molar-refractivity contribution is 6.74. The fourth-order valence-corrected chi connectivity index (χ4v) is 6.35. The van der Waals surface area contributed by atoms with Crippen molar-refractivity contribution < 1.29 is 28.3 Å². The minimum Gasteiger partial charge on any atom is -0.490 e. The molecule has 0 fully saturated rings. The maximum Gasteiger partial charge on any atom is 0.412 e. The van der Waals surface area contributed by atoms with Gasteiger partial charge in [-0.2, -0.15) is 5.26 Å². The van der Waals surface area contributed by atoms with E-state index in [0.29, 0.717) is 24.2 Å². The van der Waals surface area contributed by atoms with E-state index >= 15 is 0 Å². The van der Waals surface area contributed by atoms with E-state index in [-0.39, 0.29) is 34.1 Å². The molecule has 10 nitrogen and oxygen atoms in total. The summed E-state index contributed by atoms with van der Waals surface area (Å²) in [4.78, 5) is 33.4. The second-order valence-corrected chi connectivity index (χ2v) is 18.9. The molecule has 0 spiro atoms. The predicted molar refractivity (Wildman–Crippen MR) is 176 cm³/mol. The summed E-state index contributed by atoms with van der Waals surface area (Å²) in [5.41, 5.74) is 8.62. The Balaban J connectivity index is 1.82. The molecule has 0 unspecified atom stereocenters. The third-order valence-corrected chi connectivity index (χ3v) is 12.7. The zero-order chi connectivity index (χ0) is 33.9. The molecular formula is C34H48N4O6Si. The Morgan fingerprint density at radius 1 is 1.09 bits per heavy atom. The second-order valence-electron chi connectivity index (χ2n) is 14.1. The largest absolute Gasteiger partial charge is 0.490 e. The average molecular weight is 637 g/mol. The SMILES string of the molecule is CC(C)Oc1ccc(C(=O)O/N=C(\N)c2cccc3c2CC[C@H]3N(C(=O)O[C@@H](C)O[Si](C)(C)C(C)(C)C)C(C)(C)C)cc1C#N. The molecule has 0 bridgehead atoms. The third-order valence-electron chi connectivity index (χ3n) is 8.20. The molecule has 45 heavy (non-hydrogen) atoms. The highest BCUT2D eigenvalue weighted by atomic mass is 28.4. The van der Waals surface area contributed by atoms with Crippen molar-refractivity contribution in [2.75, 3.05) is 0 Å². The first-order chi connectivity index (χ1) is 20.8. The van der Waals surface area contributed by atoms with E-state index in [1.807, 2.05) is 58.9 Å². The van der Waals surface area contributed by atoms with Crippen LogP contribution in [0.25, 0.3) is 0 Å². The van der Waals surface area contributed by atoms with Crippen LogP contribution in [0.15, 0.2) is 41.6 Å². The minimum atomic E-state index is -2.15. The van der Waals surface area contributed by atoms with Gasteiger partial charge in [-0.1, -0.05) is 44.1 Å². The molecule has 1 amide bonds. The van der Waals surface area contributed by atoms with E-state index in [0.717, 1.165) is 11.1 Å². The number of ether oxygens (including phenoxy) is 2. The molecule has 0 saturated carbocycles. The number of hydrogen-bond acceptors (Lipinski definition) is 8. The van der Waals surface area contributed by atoms with Gasteiger partial charge in [0, 0.05) is 11.1 Å². The summed E-state index contributed by atoms with van der Waals surface area (Å²) in [5, 5.41) is 13.4. The zero-order valence-corrected chi connectivity index (χ0v) is 29.5. The Labute approximate surface area is 268 Å². The van der Waals surface area contributed by atoms with Gasteiger partial charge in [-0.3, -0.25) is 4.90 Å². The Kier molecular flexibility index (Phi) is 10.8. The molecule has 2 aromatic carbocycles. The lowest BCUT2D eigenvalue weighted by atomic mass is 9.98. The van der Waals surface area contributed by atoms with Crippen molar-refractivity contribution in [3.8, 4) is 11.8 Å². The lowest BCUT2D eigenvalue weighted by Crippen LogP contribution is -2.50. The highest BCUT2D eigenvalue weighted by Crippen LogP contribution is 2.42. The van der Waals surface area contributed by atoms with Crippen molar-refractivity contribution in [3.63, 3.8) is 0 Å².